The van der Waals surface area contributed by atoms with E-state index in [9.17, 15) is 18.0 Å². The summed E-state index contributed by atoms with van der Waals surface area (Å²) in [6.07, 6.45) is -4.07. The highest BCUT2D eigenvalue weighted by Gasteiger charge is 2.27. The monoisotopic (exact) mass is 432 g/mol. The molecule has 0 heterocycles. The molecule has 0 aliphatic rings. The van der Waals surface area contributed by atoms with E-state index in [1.54, 1.807) is 18.2 Å². The molecule has 0 radical (unpaired) electrons. The molecule has 0 aromatic heterocycles. The number of carbonyl (C=O) groups excluding carboxylic acids is 1. The third-order valence-corrected chi connectivity index (χ3v) is 5.13. The Morgan fingerprint density at radius 3 is 2.36 bits per heavy atom. The average Bonchev–Trinajstić information content (AvgIpc) is 2.55. The van der Waals surface area contributed by atoms with E-state index in [2.05, 4.69) is 26.6 Å². The summed E-state index contributed by atoms with van der Waals surface area (Å²) in [4.78, 5) is 13.1. The number of para-hydroxylation sites is 2. The lowest BCUT2D eigenvalue weighted by atomic mass is 10.2. The van der Waals surface area contributed by atoms with Crippen molar-refractivity contribution in [3.8, 4) is 0 Å². The second-order valence-corrected chi connectivity index (χ2v) is 7.08. The van der Waals surface area contributed by atoms with Crippen LogP contribution in [0.2, 0.25) is 0 Å². The van der Waals surface area contributed by atoms with Gasteiger partial charge in [-0.3, -0.25) is 4.79 Å². The van der Waals surface area contributed by atoms with Gasteiger partial charge in [-0.15, -0.1) is 11.8 Å². The summed E-state index contributed by atoms with van der Waals surface area (Å²) in [6.45, 7) is -1.15. The van der Waals surface area contributed by atoms with Crippen LogP contribution in [0.3, 0.4) is 0 Å². The zero-order valence-electron chi connectivity index (χ0n) is 13.1. The van der Waals surface area contributed by atoms with Crippen LogP contribution in [0.5, 0.6) is 0 Å². The van der Waals surface area contributed by atoms with E-state index in [1.165, 1.54) is 17.8 Å². The number of nitrogens with one attached hydrogen (secondary N) is 2. The minimum Gasteiger partial charge on any atom is -0.375 e. The number of hydrogen-bond acceptors (Lipinski definition) is 3. The highest BCUT2D eigenvalue weighted by molar-refractivity contribution is 9.10. The van der Waals surface area contributed by atoms with Crippen LogP contribution in [0.15, 0.2) is 57.9 Å². The predicted molar refractivity (Wildman–Crippen MR) is 99.1 cm³/mol. The van der Waals surface area contributed by atoms with Crippen LogP contribution < -0.4 is 10.6 Å². The molecule has 0 fully saturated rings. The molecule has 0 unspecified atom stereocenters. The molecule has 2 N–H and O–H groups in total. The predicted octanol–water partition coefficient (Wildman–Crippen LogP) is 5.54. The van der Waals surface area contributed by atoms with Gasteiger partial charge in [0.2, 0.25) is 5.91 Å². The van der Waals surface area contributed by atoms with E-state index in [1.807, 2.05) is 24.3 Å². The molecule has 3 nitrogen and oxygen atoms in total. The third-order valence-electron chi connectivity index (χ3n) is 3.10. The number of halogens is 4. The fourth-order valence-corrected chi connectivity index (χ4v) is 3.49. The standard InChI is InChI=1S/C17H16BrF3N2OS/c18-12-5-1-4-8-15(12)25-10-9-16(24)23-14-7-3-2-6-13(14)22-11-17(19,20)21/h1-8,22H,9-11H2,(H,23,24). The number of benzene rings is 2. The lowest BCUT2D eigenvalue weighted by molar-refractivity contribution is -0.116. The van der Waals surface area contributed by atoms with Crippen molar-refractivity contribution in [3.05, 3.63) is 53.0 Å². The van der Waals surface area contributed by atoms with E-state index in [0.29, 0.717) is 11.4 Å². The largest absolute Gasteiger partial charge is 0.405 e. The quantitative estimate of drug-likeness (QED) is 0.563. The van der Waals surface area contributed by atoms with Gasteiger partial charge < -0.3 is 10.6 Å². The first kappa shape index (κ1) is 19.7. The molecule has 0 atom stereocenters. The maximum absolute atomic E-state index is 12.3. The van der Waals surface area contributed by atoms with Crippen LogP contribution in [0, 0.1) is 0 Å². The lowest BCUT2D eigenvalue weighted by Gasteiger charge is -2.14. The number of amides is 1. The van der Waals surface area contributed by atoms with E-state index in [4.69, 9.17) is 0 Å². The molecule has 2 aromatic carbocycles. The summed E-state index contributed by atoms with van der Waals surface area (Å²) >= 11 is 4.97. The normalized spacial score (nSPS) is 11.2. The van der Waals surface area contributed by atoms with Crippen molar-refractivity contribution >= 4 is 45.0 Å². The molecular weight excluding hydrogens is 417 g/mol. The van der Waals surface area contributed by atoms with E-state index < -0.39 is 12.7 Å². The summed E-state index contributed by atoms with van der Waals surface area (Å²) in [6, 6.07) is 14.0. The third kappa shape index (κ3) is 6.99. The fourth-order valence-electron chi connectivity index (χ4n) is 1.97. The van der Waals surface area contributed by atoms with Crippen molar-refractivity contribution in [2.45, 2.75) is 17.5 Å². The van der Waals surface area contributed by atoms with Gasteiger partial charge in [0, 0.05) is 21.5 Å². The molecule has 0 saturated carbocycles. The van der Waals surface area contributed by atoms with E-state index >= 15 is 0 Å². The number of carbonyl (C=O) groups is 1. The SMILES string of the molecule is O=C(CCSc1ccccc1Br)Nc1ccccc1NCC(F)(F)F. The minimum absolute atomic E-state index is 0.242. The van der Waals surface area contributed by atoms with Crippen molar-refractivity contribution in [1.29, 1.82) is 0 Å². The maximum atomic E-state index is 12.3. The maximum Gasteiger partial charge on any atom is 0.405 e. The van der Waals surface area contributed by atoms with Gasteiger partial charge in [-0.1, -0.05) is 24.3 Å². The van der Waals surface area contributed by atoms with E-state index in [0.717, 1.165) is 9.37 Å². The molecular formula is C17H16BrF3N2OS. The van der Waals surface area contributed by atoms with Crippen molar-refractivity contribution < 1.29 is 18.0 Å². The van der Waals surface area contributed by atoms with E-state index in [-0.39, 0.29) is 18.0 Å². The first-order valence-corrected chi connectivity index (χ1v) is 9.20. The highest BCUT2D eigenvalue weighted by Crippen LogP contribution is 2.28. The second-order valence-electron chi connectivity index (χ2n) is 5.09. The Hall–Kier alpha value is -1.67. The van der Waals surface area contributed by atoms with Gasteiger partial charge in [0.25, 0.3) is 0 Å². The number of rotatable bonds is 7. The zero-order chi connectivity index (χ0) is 18.3. The Morgan fingerprint density at radius 1 is 1.04 bits per heavy atom. The van der Waals surface area contributed by atoms with Crippen LogP contribution in [0.25, 0.3) is 0 Å². The molecule has 2 aromatic rings. The van der Waals surface area contributed by atoms with Crippen molar-refractivity contribution in [2.75, 3.05) is 22.9 Å². The summed E-state index contributed by atoms with van der Waals surface area (Å²) in [5.41, 5.74) is 0.578. The smallest absolute Gasteiger partial charge is 0.375 e. The summed E-state index contributed by atoms with van der Waals surface area (Å²) < 4.78 is 38.0. The zero-order valence-corrected chi connectivity index (χ0v) is 15.5. The molecule has 25 heavy (non-hydrogen) atoms. The van der Waals surface area contributed by atoms with Gasteiger partial charge in [-0.25, -0.2) is 0 Å². The van der Waals surface area contributed by atoms with Gasteiger partial charge >= 0.3 is 6.18 Å². The molecule has 8 heteroatoms. The van der Waals surface area contributed by atoms with Crippen LogP contribution in [-0.2, 0) is 4.79 Å². The van der Waals surface area contributed by atoms with Crippen LogP contribution in [0.1, 0.15) is 6.42 Å². The Kier molecular flexibility index (Phi) is 7.19. The second kappa shape index (κ2) is 9.15. The average molecular weight is 433 g/mol. The number of anilines is 2. The molecule has 0 bridgehead atoms. The minimum atomic E-state index is -4.32. The summed E-state index contributed by atoms with van der Waals surface area (Å²) in [7, 11) is 0. The van der Waals surface area contributed by atoms with Crippen molar-refractivity contribution in [2.24, 2.45) is 0 Å². The van der Waals surface area contributed by atoms with Crippen LogP contribution >= 0.6 is 27.7 Å². The Bertz CT molecular complexity index is 725. The first-order valence-electron chi connectivity index (χ1n) is 7.42. The summed E-state index contributed by atoms with van der Waals surface area (Å²) in [5, 5.41) is 4.95. The van der Waals surface area contributed by atoms with Gasteiger partial charge in [0.05, 0.1) is 11.4 Å². The van der Waals surface area contributed by atoms with Crippen molar-refractivity contribution in [1.82, 2.24) is 0 Å². The van der Waals surface area contributed by atoms with Crippen LogP contribution in [0.4, 0.5) is 24.5 Å². The lowest BCUT2D eigenvalue weighted by Crippen LogP contribution is -2.22. The molecule has 2 rings (SSSR count). The fraction of sp³-hybridized carbons (Fsp3) is 0.235. The molecule has 0 saturated heterocycles. The Labute approximate surface area is 156 Å². The van der Waals surface area contributed by atoms with Gasteiger partial charge in [-0.05, 0) is 40.2 Å². The van der Waals surface area contributed by atoms with Gasteiger partial charge in [-0.2, -0.15) is 13.2 Å². The van der Waals surface area contributed by atoms with Crippen LogP contribution in [-0.4, -0.2) is 24.4 Å². The molecule has 0 spiro atoms. The molecule has 0 aliphatic heterocycles. The highest BCUT2D eigenvalue weighted by atomic mass is 79.9. The molecule has 0 aliphatic carbocycles. The number of alkyl halides is 3. The Morgan fingerprint density at radius 2 is 1.68 bits per heavy atom. The van der Waals surface area contributed by atoms with Gasteiger partial charge in [0.15, 0.2) is 0 Å². The molecule has 134 valence electrons. The number of thioether (sulfide) groups is 1. The Balaban J connectivity index is 1.87. The first-order chi connectivity index (χ1) is 11.8. The topological polar surface area (TPSA) is 41.1 Å². The summed E-state index contributed by atoms with van der Waals surface area (Å²) in [5.74, 6) is 0.313. The van der Waals surface area contributed by atoms with Crippen molar-refractivity contribution in [3.63, 3.8) is 0 Å². The molecule has 1 amide bonds. The number of hydrogen-bond donors (Lipinski definition) is 2. The van der Waals surface area contributed by atoms with Gasteiger partial charge in [0.1, 0.15) is 6.54 Å².